The minimum atomic E-state index is -0.743. The molecule has 2 aromatic rings. The third kappa shape index (κ3) is 3.82. The summed E-state index contributed by atoms with van der Waals surface area (Å²) in [6.07, 6.45) is 1.40. The van der Waals surface area contributed by atoms with Crippen LogP contribution in [0.15, 0.2) is 54.1 Å². The van der Waals surface area contributed by atoms with Gasteiger partial charge in [0.2, 0.25) is 0 Å². The van der Waals surface area contributed by atoms with Crippen LogP contribution in [0.2, 0.25) is 0 Å². The number of ether oxygens (including phenoxy) is 2. The van der Waals surface area contributed by atoms with Gasteiger partial charge in [0.15, 0.2) is 0 Å². The molecule has 1 N–H and O–H groups in total. The van der Waals surface area contributed by atoms with Gasteiger partial charge in [-0.1, -0.05) is 30.3 Å². The summed E-state index contributed by atoms with van der Waals surface area (Å²) in [6.45, 7) is 0.0654. The molecule has 7 nitrogen and oxygen atoms in total. The quantitative estimate of drug-likeness (QED) is 0.649. The Hall–Kier alpha value is -3.61. The van der Waals surface area contributed by atoms with E-state index in [9.17, 15) is 14.4 Å². The monoisotopic (exact) mass is 366 g/mol. The number of methoxy groups -OCH3 is 2. The van der Waals surface area contributed by atoms with Crippen molar-refractivity contribution in [2.45, 2.75) is 6.54 Å². The van der Waals surface area contributed by atoms with Crippen LogP contribution in [-0.4, -0.2) is 37.0 Å². The summed E-state index contributed by atoms with van der Waals surface area (Å²) in [5, 5.41) is 2.20. The summed E-state index contributed by atoms with van der Waals surface area (Å²) in [4.78, 5) is 38.1. The van der Waals surface area contributed by atoms with Gasteiger partial charge in [0, 0.05) is 11.6 Å². The molecule has 0 aromatic heterocycles. The Morgan fingerprint density at radius 3 is 2.41 bits per heavy atom. The third-order valence-electron chi connectivity index (χ3n) is 4.11. The number of hydrogen-bond donors (Lipinski definition) is 1. The lowest BCUT2D eigenvalue weighted by Gasteiger charge is -2.26. The van der Waals surface area contributed by atoms with Gasteiger partial charge in [-0.05, 0) is 23.8 Å². The van der Waals surface area contributed by atoms with E-state index in [1.165, 1.54) is 20.3 Å². The molecular formula is C20H18N2O5. The molecule has 1 saturated heterocycles. The SMILES string of the molecule is COc1ccc(/C=C2/C(=O)NC(=O)N(Cc3ccccc3)C2=O)c(OC)c1. The van der Waals surface area contributed by atoms with E-state index in [2.05, 4.69) is 5.32 Å². The van der Waals surface area contributed by atoms with Gasteiger partial charge >= 0.3 is 6.03 Å². The molecule has 3 rings (SSSR count). The minimum Gasteiger partial charge on any atom is -0.497 e. The molecule has 0 radical (unpaired) electrons. The normalized spacial score (nSPS) is 15.7. The highest BCUT2D eigenvalue weighted by molar-refractivity contribution is 6.31. The number of barbiturate groups is 1. The average Bonchev–Trinajstić information content (AvgIpc) is 2.69. The zero-order valence-corrected chi connectivity index (χ0v) is 14.9. The van der Waals surface area contributed by atoms with Crippen LogP contribution >= 0.6 is 0 Å². The van der Waals surface area contributed by atoms with Gasteiger partial charge in [-0.15, -0.1) is 0 Å². The van der Waals surface area contributed by atoms with Crippen LogP contribution in [0, 0.1) is 0 Å². The summed E-state index contributed by atoms with van der Waals surface area (Å²) in [5.74, 6) is -0.388. The molecule has 138 valence electrons. The van der Waals surface area contributed by atoms with Gasteiger partial charge in [0.05, 0.1) is 20.8 Å². The number of rotatable bonds is 5. The molecule has 7 heteroatoms. The minimum absolute atomic E-state index is 0.0654. The Morgan fingerprint density at radius 1 is 1.00 bits per heavy atom. The van der Waals surface area contributed by atoms with Gasteiger partial charge in [-0.2, -0.15) is 0 Å². The van der Waals surface area contributed by atoms with Crippen LogP contribution in [0.5, 0.6) is 11.5 Å². The maximum absolute atomic E-state index is 12.8. The van der Waals surface area contributed by atoms with Crippen molar-refractivity contribution in [2.75, 3.05) is 14.2 Å². The maximum atomic E-state index is 12.8. The van der Waals surface area contributed by atoms with E-state index < -0.39 is 17.8 Å². The second kappa shape index (κ2) is 7.74. The molecule has 0 spiro atoms. The van der Waals surface area contributed by atoms with Gasteiger partial charge in [0.25, 0.3) is 11.8 Å². The highest BCUT2D eigenvalue weighted by atomic mass is 16.5. The van der Waals surface area contributed by atoms with Gasteiger partial charge < -0.3 is 9.47 Å². The van der Waals surface area contributed by atoms with E-state index in [4.69, 9.17) is 9.47 Å². The number of carbonyl (C=O) groups excluding carboxylic acids is 3. The molecule has 0 aliphatic carbocycles. The van der Waals surface area contributed by atoms with Crippen molar-refractivity contribution in [3.8, 4) is 11.5 Å². The molecule has 1 aliphatic rings. The van der Waals surface area contributed by atoms with E-state index in [0.717, 1.165) is 10.5 Å². The van der Waals surface area contributed by atoms with Crippen molar-refractivity contribution in [2.24, 2.45) is 0 Å². The van der Waals surface area contributed by atoms with Crippen molar-refractivity contribution in [1.29, 1.82) is 0 Å². The first kappa shape index (κ1) is 18.2. The fourth-order valence-electron chi connectivity index (χ4n) is 2.70. The molecule has 0 bridgehead atoms. The van der Waals surface area contributed by atoms with E-state index >= 15 is 0 Å². The number of carbonyl (C=O) groups is 3. The van der Waals surface area contributed by atoms with Crippen molar-refractivity contribution in [1.82, 2.24) is 10.2 Å². The molecule has 1 heterocycles. The maximum Gasteiger partial charge on any atom is 0.331 e. The fourth-order valence-corrected chi connectivity index (χ4v) is 2.70. The Morgan fingerprint density at radius 2 is 1.74 bits per heavy atom. The molecule has 4 amide bonds. The van der Waals surface area contributed by atoms with Gasteiger partial charge in [0.1, 0.15) is 17.1 Å². The number of amides is 4. The molecule has 0 saturated carbocycles. The van der Waals surface area contributed by atoms with Gasteiger partial charge in [-0.25, -0.2) is 4.79 Å². The van der Waals surface area contributed by atoms with E-state index in [0.29, 0.717) is 17.1 Å². The predicted molar refractivity (Wildman–Crippen MR) is 98.1 cm³/mol. The first-order valence-corrected chi connectivity index (χ1v) is 8.18. The van der Waals surface area contributed by atoms with Crippen molar-refractivity contribution in [3.05, 3.63) is 65.2 Å². The highest BCUT2D eigenvalue weighted by Crippen LogP contribution is 2.27. The molecule has 27 heavy (non-hydrogen) atoms. The molecule has 2 aromatic carbocycles. The van der Waals surface area contributed by atoms with Crippen LogP contribution in [0.1, 0.15) is 11.1 Å². The largest absolute Gasteiger partial charge is 0.497 e. The number of hydrogen-bond acceptors (Lipinski definition) is 5. The van der Waals surface area contributed by atoms with Crippen molar-refractivity contribution in [3.63, 3.8) is 0 Å². The number of imide groups is 2. The standard InChI is InChI=1S/C20H18N2O5/c1-26-15-9-8-14(17(11-15)27-2)10-16-18(23)21-20(25)22(19(16)24)12-13-6-4-3-5-7-13/h3-11H,12H2,1-2H3,(H,21,23,25)/b16-10-. The topological polar surface area (TPSA) is 84.9 Å². The van der Waals surface area contributed by atoms with Crippen LogP contribution in [0.4, 0.5) is 4.79 Å². The first-order valence-electron chi connectivity index (χ1n) is 8.18. The highest BCUT2D eigenvalue weighted by Gasteiger charge is 2.35. The Kier molecular flexibility index (Phi) is 5.21. The summed E-state index contributed by atoms with van der Waals surface area (Å²) in [7, 11) is 3.00. The van der Waals surface area contributed by atoms with E-state index in [-0.39, 0.29) is 12.1 Å². The smallest absolute Gasteiger partial charge is 0.331 e. The van der Waals surface area contributed by atoms with Gasteiger partial charge in [-0.3, -0.25) is 19.8 Å². The lowest BCUT2D eigenvalue weighted by Crippen LogP contribution is -2.53. The second-order valence-electron chi connectivity index (χ2n) is 5.80. The molecular weight excluding hydrogens is 348 g/mol. The number of urea groups is 1. The van der Waals surface area contributed by atoms with Crippen molar-refractivity contribution < 1.29 is 23.9 Å². The third-order valence-corrected chi connectivity index (χ3v) is 4.11. The van der Waals surface area contributed by atoms with E-state index in [1.54, 1.807) is 30.3 Å². The van der Waals surface area contributed by atoms with Crippen LogP contribution in [0.3, 0.4) is 0 Å². The van der Waals surface area contributed by atoms with Crippen LogP contribution < -0.4 is 14.8 Å². The molecule has 0 unspecified atom stereocenters. The Bertz CT molecular complexity index is 921. The molecule has 0 atom stereocenters. The summed E-state index contributed by atoms with van der Waals surface area (Å²) in [6, 6.07) is 13.3. The molecule has 1 fully saturated rings. The molecule has 1 aliphatic heterocycles. The number of nitrogens with zero attached hydrogens (tertiary/aromatic N) is 1. The summed E-state index contributed by atoms with van der Waals surface area (Å²) < 4.78 is 10.4. The zero-order chi connectivity index (χ0) is 19.4. The second-order valence-corrected chi connectivity index (χ2v) is 5.80. The predicted octanol–water partition coefficient (Wildman–Crippen LogP) is 2.37. The van der Waals surface area contributed by atoms with Crippen molar-refractivity contribution >= 4 is 23.9 Å². The van der Waals surface area contributed by atoms with E-state index in [1.807, 2.05) is 18.2 Å². The van der Waals surface area contributed by atoms with Crippen LogP contribution in [0.25, 0.3) is 6.08 Å². The lowest BCUT2D eigenvalue weighted by molar-refractivity contribution is -0.130. The zero-order valence-electron chi connectivity index (χ0n) is 14.9. The summed E-state index contributed by atoms with van der Waals surface area (Å²) in [5.41, 5.74) is 1.15. The first-order chi connectivity index (χ1) is 13.0. The van der Waals surface area contributed by atoms with Crippen LogP contribution in [-0.2, 0) is 16.1 Å². The summed E-state index contributed by atoms with van der Waals surface area (Å²) >= 11 is 0. The Labute approximate surface area is 156 Å². The number of benzene rings is 2. The number of nitrogens with one attached hydrogen (secondary N) is 1. The Balaban J connectivity index is 1.94. The fraction of sp³-hybridized carbons (Fsp3) is 0.150. The average molecular weight is 366 g/mol. The lowest BCUT2D eigenvalue weighted by atomic mass is 10.1.